The van der Waals surface area contributed by atoms with Crippen LogP contribution in [-0.2, 0) is 13.5 Å². The SMILES string of the molecule is Cn1ncc2cc(-c3cccc(C(N)=O)c3-c3nc(CCCCCCO)cn3-c3ccccc3)ccc21. The van der Waals surface area contributed by atoms with Gasteiger partial charge in [0.1, 0.15) is 5.82 Å². The monoisotopic (exact) mass is 493 g/mol. The third-order valence-corrected chi connectivity index (χ3v) is 6.74. The molecule has 0 bridgehead atoms. The zero-order valence-electron chi connectivity index (χ0n) is 21.0. The van der Waals surface area contributed by atoms with Crippen LogP contribution in [0.15, 0.2) is 79.1 Å². The van der Waals surface area contributed by atoms with E-state index < -0.39 is 5.91 Å². The number of carbonyl (C=O) groups is 1. The molecule has 0 radical (unpaired) electrons. The normalized spacial score (nSPS) is 11.3. The van der Waals surface area contributed by atoms with Gasteiger partial charge in [0.15, 0.2) is 0 Å². The minimum Gasteiger partial charge on any atom is -0.396 e. The summed E-state index contributed by atoms with van der Waals surface area (Å²) in [5.74, 6) is 0.194. The average molecular weight is 494 g/mol. The quantitative estimate of drug-likeness (QED) is 0.258. The van der Waals surface area contributed by atoms with E-state index in [1.54, 1.807) is 6.07 Å². The van der Waals surface area contributed by atoms with Crippen molar-refractivity contribution in [2.75, 3.05) is 6.61 Å². The van der Waals surface area contributed by atoms with Crippen LogP contribution in [0.3, 0.4) is 0 Å². The summed E-state index contributed by atoms with van der Waals surface area (Å²) in [7, 11) is 1.92. The number of benzene rings is 3. The number of hydrogen-bond donors (Lipinski definition) is 2. The molecule has 0 aliphatic carbocycles. The number of unbranched alkanes of at least 4 members (excludes halogenated alkanes) is 3. The number of aliphatic hydroxyl groups is 1. The maximum atomic E-state index is 12.7. The fraction of sp³-hybridized carbons (Fsp3) is 0.233. The molecule has 0 unspecified atom stereocenters. The van der Waals surface area contributed by atoms with E-state index in [1.165, 1.54) is 0 Å². The highest BCUT2D eigenvalue weighted by molar-refractivity contribution is 6.04. The fourth-order valence-electron chi connectivity index (χ4n) is 4.85. The van der Waals surface area contributed by atoms with Gasteiger partial charge >= 0.3 is 0 Å². The second-order valence-electron chi connectivity index (χ2n) is 9.28. The van der Waals surface area contributed by atoms with Crippen molar-refractivity contribution in [3.63, 3.8) is 0 Å². The number of carbonyl (C=O) groups excluding carboxylic acids is 1. The molecule has 3 aromatic carbocycles. The third kappa shape index (κ3) is 5.04. The van der Waals surface area contributed by atoms with Gasteiger partial charge in [0.25, 0.3) is 0 Å². The molecule has 0 saturated heterocycles. The van der Waals surface area contributed by atoms with Gasteiger partial charge in [-0.25, -0.2) is 4.98 Å². The Morgan fingerprint density at radius 3 is 2.57 bits per heavy atom. The minimum absolute atomic E-state index is 0.226. The van der Waals surface area contributed by atoms with Crippen LogP contribution in [0, 0.1) is 0 Å². The summed E-state index contributed by atoms with van der Waals surface area (Å²) in [5, 5.41) is 14.5. The van der Waals surface area contributed by atoms with E-state index >= 15 is 0 Å². The summed E-state index contributed by atoms with van der Waals surface area (Å²) >= 11 is 0. The van der Waals surface area contributed by atoms with Crippen LogP contribution in [0.25, 0.3) is 39.1 Å². The molecule has 0 spiro atoms. The lowest BCUT2D eigenvalue weighted by molar-refractivity contribution is 0.100. The van der Waals surface area contributed by atoms with Gasteiger partial charge in [-0.15, -0.1) is 0 Å². The van der Waals surface area contributed by atoms with Crippen LogP contribution < -0.4 is 5.73 Å². The molecule has 5 aromatic rings. The number of aromatic nitrogens is 4. The fourth-order valence-corrected chi connectivity index (χ4v) is 4.85. The summed E-state index contributed by atoms with van der Waals surface area (Å²) in [6.45, 7) is 0.226. The Labute approximate surface area is 216 Å². The molecule has 0 atom stereocenters. The van der Waals surface area contributed by atoms with Crippen molar-refractivity contribution in [2.24, 2.45) is 12.8 Å². The Morgan fingerprint density at radius 1 is 0.973 bits per heavy atom. The van der Waals surface area contributed by atoms with E-state index in [0.717, 1.165) is 65.5 Å². The maximum Gasteiger partial charge on any atom is 0.249 e. The zero-order valence-corrected chi connectivity index (χ0v) is 21.0. The van der Waals surface area contributed by atoms with E-state index in [4.69, 9.17) is 15.8 Å². The summed E-state index contributed by atoms with van der Waals surface area (Å²) in [6, 6.07) is 21.8. The Morgan fingerprint density at radius 2 is 1.78 bits per heavy atom. The van der Waals surface area contributed by atoms with Crippen molar-refractivity contribution in [1.82, 2.24) is 19.3 Å². The molecule has 1 amide bonds. The van der Waals surface area contributed by atoms with Crippen molar-refractivity contribution in [2.45, 2.75) is 32.1 Å². The van der Waals surface area contributed by atoms with Gasteiger partial charge in [0.05, 0.1) is 23.0 Å². The smallest absolute Gasteiger partial charge is 0.249 e. The molecule has 188 valence electrons. The maximum absolute atomic E-state index is 12.7. The number of imidazole rings is 1. The van der Waals surface area contributed by atoms with E-state index in [1.807, 2.05) is 72.5 Å². The topological polar surface area (TPSA) is 99.0 Å². The van der Waals surface area contributed by atoms with Gasteiger partial charge in [0.2, 0.25) is 5.91 Å². The molecule has 2 aromatic heterocycles. The van der Waals surface area contributed by atoms with Crippen molar-refractivity contribution in [1.29, 1.82) is 0 Å². The van der Waals surface area contributed by atoms with Gasteiger partial charge in [-0.05, 0) is 60.7 Å². The Bertz CT molecular complexity index is 1530. The second-order valence-corrected chi connectivity index (χ2v) is 9.28. The number of amides is 1. The highest BCUT2D eigenvalue weighted by Crippen LogP contribution is 2.37. The first kappa shape index (κ1) is 24.5. The van der Waals surface area contributed by atoms with E-state index in [-0.39, 0.29) is 6.61 Å². The minimum atomic E-state index is -0.493. The molecule has 37 heavy (non-hydrogen) atoms. The average Bonchev–Trinajstić information content (AvgIpc) is 3.52. The Kier molecular flexibility index (Phi) is 7.14. The van der Waals surface area contributed by atoms with Gasteiger partial charge in [-0.3, -0.25) is 14.0 Å². The van der Waals surface area contributed by atoms with Gasteiger partial charge in [0, 0.05) is 36.5 Å². The lowest BCUT2D eigenvalue weighted by atomic mass is 9.93. The molecular weight excluding hydrogens is 462 g/mol. The van der Waals surface area contributed by atoms with E-state index in [0.29, 0.717) is 17.0 Å². The molecule has 0 saturated carbocycles. The molecule has 0 aliphatic rings. The number of para-hydroxylation sites is 1. The molecule has 0 fully saturated rings. The second kappa shape index (κ2) is 10.8. The number of primary amides is 1. The highest BCUT2D eigenvalue weighted by Gasteiger charge is 2.22. The number of hydrogen-bond acceptors (Lipinski definition) is 4. The number of aliphatic hydroxyl groups excluding tert-OH is 1. The van der Waals surface area contributed by atoms with Gasteiger partial charge < -0.3 is 10.8 Å². The number of aryl methyl sites for hydroxylation is 2. The largest absolute Gasteiger partial charge is 0.396 e. The number of nitrogens with zero attached hydrogens (tertiary/aromatic N) is 4. The molecule has 5 rings (SSSR count). The lowest BCUT2D eigenvalue weighted by Crippen LogP contribution is -2.14. The molecule has 7 heteroatoms. The molecule has 2 heterocycles. The van der Waals surface area contributed by atoms with Gasteiger partial charge in [-0.2, -0.15) is 5.10 Å². The zero-order chi connectivity index (χ0) is 25.8. The molecular formula is C30H31N5O2. The van der Waals surface area contributed by atoms with Crippen LogP contribution in [0.1, 0.15) is 41.7 Å². The number of nitrogens with two attached hydrogens (primary N) is 1. The number of rotatable bonds is 10. The summed E-state index contributed by atoms with van der Waals surface area (Å²) in [4.78, 5) is 17.7. The Hall–Kier alpha value is -4.23. The third-order valence-electron chi connectivity index (χ3n) is 6.74. The van der Waals surface area contributed by atoms with Crippen molar-refractivity contribution >= 4 is 16.8 Å². The number of fused-ring (bicyclic) bond motifs is 1. The summed E-state index contributed by atoms with van der Waals surface area (Å²) < 4.78 is 3.89. The summed E-state index contributed by atoms with van der Waals surface area (Å²) in [6.07, 6.45) is 8.54. The first-order chi connectivity index (χ1) is 18.1. The van der Waals surface area contributed by atoms with Crippen LogP contribution in [0.5, 0.6) is 0 Å². The predicted octanol–water partition coefficient (Wildman–Crippen LogP) is 5.29. The highest BCUT2D eigenvalue weighted by atomic mass is 16.2. The summed E-state index contributed by atoms with van der Waals surface area (Å²) in [5.41, 5.74) is 11.9. The molecule has 0 aliphatic heterocycles. The first-order valence-electron chi connectivity index (χ1n) is 12.7. The first-order valence-corrected chi connectivity index (χ1v) is 12.7. The molecule has 3 N–H and O–H groups in total. The van der Waals surface area contributed by atoms with E-state index in [2.05, 4.69) is 21.9 Å². The van der Waals surface area contributed by atoms with Crippen LogP contribution in [0.2, 0.25) is 0 Å². The van der Waals surface area contributed by atoms with Gasteiger partial charge in [-0.1, -0.05) is 49.2 Å². The van der Waals surface area contributed by atoms with Crippen molar-refractivity contribution in [3.05, 3.63) is 90.4 Å². The predicted molar refractivity (Wildman–Crippen MR) is 146 cm³/mol. The van der Waals surface area contributed by atoms with Crippen molar-refractivity contribution in [3.8, 4) is 28.2 Å². The van der Waals surface area contributed by atoms with Crippen LogP contribution >= 0.6 is 0 Å². The van der Waals surface area contributed by atoms with Crippen molar-refractivity contribution < 1.29 is 9.90 Å². The van der Waals surface area contributed by atoms with E-state index in [9.17, 15) is 4.79 Å². The van der Waals surface area contributed by atoms with Crippen LogP contribution in [0.4, 0.5) is 0 Å². The standard InChI is InChI=1S/C30H31N5O2/c1-34-27-16-15-21(18-22(27)19-32-34)25-13-9-14-26(29(31)37)28(25)30-33-23(10-5-2-3-8-17-36)20-35(30)24-11-6-4-7-12-24/h4,6-7,9,11-16,18-20,36H,2-3,5,8,10,17H2,1H3,(H2,31,37). The Balaban J connectivity index is 1.66. The lowest BCUT2D eigenvalue weighted by Gasteiger charge is -2.15. The van der Waals surface area contributed by atoms with Crippen LogP contribution in [-0.4, -0.2) is 37.0 Å². The molecule has 7 nitrogen and oxygen atoms in total.